The van der Waals surface area contributed by atoms with Crippen molar-refractivity contribution in [3.63, 3.8) is 0 Å². The van der Waals surface area contributed by atoms with Crippen LogP contribution in [0.15, 0.2) is 54.6 Å². The Labute approximate surface area is 113 Å². The molecule has 0 radical (unpaired) electrons. The number of benzene rings is 2. The van der Waals surface area contributed by atoms with Gasteiger partial charge in [-0.2, -0.15) is 0 Å². The van der Waals surface area contributed by atoms with E-state index in [0.717, 1.165) is 16.6 Å². The standard InChI is InChI=1S/C15H14O2Se/c1-17-14-9-7-13(8-10-14)15(16)18-11-12-5-3-2-4-6-12/h2-10H,11H2,1H3. The van der Waals surface area contributed by atoms with Crippen LogP contribution in [0.2, 0.25) is 0 Å². The maximum absolute atomic E-state index is 12.0. The normalized spacial score (nSPS) is 10.1. The van der Waals surface area contributed by atoms with Gasteiger partial charge in [0.1, 0.15) is 0 Å². The van der Waals surface area contributed by atoms with Crippen molar-refractivity contribution in [2.24, 2.45) is 0 Å². The molecule has 0 aliphatic carbocycles. The van der Waals surface area contributed by atoms with Crippen molar-refractivity contribution in [1.29, 1.82) is 0 Å². The van der Waals surface area contributed by atoms with Gasteiger partial charge in [-0.3, -0.25) is 0 Å². The fraction of sp³-hybridized carbons (Fsp3) is 0.133. The predicted molar refractivity (Wildman–Crippen MR) is 73.2 cm³/mol. The molecule has 2 rings (SSSR count). The molecule has 0 amide bonds. The fourth-order valence-electron chi connectivity index (χ4n) is 1.53. The second kappa shape index (κ2) is 6.39. The molecular formula is C15H14O2Se. The Bertz CT molecular complexity index is 506. The Morgan fingerprint density at radius 3 is 2.33 bits per heavy atom. The van der Waals surface area contributed by atoms with Crippen molar-refractivity contribution in [3.8, 4) is 5.75 Å². The summed E-state index contributed by atoms with van der Waals surface area (Å²) in [4.78, 5) is 12.0. The van der Waals surface area contributed by atoms with Crippen LogP contribution in [0.25, 0.3) is 0 Å². The van der Waals surface area contributed by atoms with E-state index in [0.29, 0.717) is 0 Å². The number of methoxy groups -OCH3 is 1. The van der Waals surface area contributed by atoms with Crippen molar-refractivity contribution >= 4 is 19.6 Å². The zero-order valence-electron chi connectivity index (χ0n) is 10.1. The summed E-state index contributed by atoms with van der Waals surface area (Å²) in [6.07, 6.45) is 0. The minimum absolute atomic E-state index is 0.0457. The summed E-state index contributed by atoms with van der Waals surface area (Å²) in [5.74, 6) is 0.780. The van der Waals surface area contributed by atoms with Crippen molar-refractivity contribution in [1.82, 2.24) is 0 Å². The van der Waals surface area contributed by atoms with Gasteiger partial charge in [0.05, 0.1) is 0 Å². The van der Waals surface area contributed by atoms with Gasteiger partial charge in [-0.05, 0) is 0 Å². The number of carbonyl (C=O) groups excluding carboxylic acids is 1. The van der Waals surface area contributed by atoms with E-state index < -0.39 is 0 Å². The topological polar surface area (TPSA) is 26.3 Å². The molecule has 0 unspecified atom stereocenters. The molecule has 0 saturated carbocycles. The molecule has 0 bridgehead atoms. The van der Waals surface area contributed by atoms with E-state index in [1.54, 1.807) is 7.11 Å². The van der Waals surface area contributed by atoms with Gasteiger partial charge in [-0.25, -0.2) is 0 Å². The molecule has 0 aliphatic heterocycles. The van der Waals surface area contributed by atoms with Crippen molar-refractivity contribution in [2.75, 3.05) is 7.11 Å². The van der Waals surface area contributed by atoms with Crippen LogP contribution in [0.3, 0.4) is 0 Å². The summed E-state index contributed by atoms with van der Waals surface area (Å²) >= 11 is -0.0457. The summed E-state index contributed by atoms with van der Waals surface area (Å²) in [5.41, 5.74) is 1.99. The van der Waals surface area contributed by atoms with Gasteiger partial charge in [-0.1, -0.05) is 0 Å². The molecule has 0 spiro atoms. The van der Waals surface area contributed by atoms with Gasteiger partial charge in [0, 0.05) is 0 Å². The third kappa shape index (κ3) is 3.46. The van der Waals surface area contributed by atoms with Crippen molar-refractivity contribution in [2.45, 2.75) is 5.32 Å². The Morgan fingerprint density at radius 1 is 1.06 bits per heavy atom. The summed E-state index contributed by atoms with van der Waals surface area (Å²) in [6.45, 7) is 0. The number of ether oxygens (including phenoxy) is 1. The monoisotopic (exact) mass is 306 g/mol. The quantitative estimate of drug-likeness (QED) is 0.794. The molecule has 3 heteroatoms. The Balaban J connectivity index is 1.95. The molecule has 92 valence electrons. The van der Waals surface area contributed by atoms with Crippen molar-refractivity contribution in [3.05, 3.63) is 65.7 Å². The third-order valence-electron chi connectivity index (χ3n) is 2.54. The molecule has 0 heterocycles. The average Bonchev–Trinajstić information content (AvgIpc) is 2.46. The number of hydrogen-bond acceptors (Lipinski definition) is 2. The van der Waals surface area contributed by atoms with E-state index in [2.05, 4.69) is 12.1 Å². The molecule has 0 N–H and O–H groups in total. The van der Waals surface area contributed by atoms with Crippen molar-refractivity contribution < 1.29 is 9.53 Å². The van der Waals surface area contributed by atoms with Crippen LogP contribution in [-0.4, -0.2) is 26.7 Å². The summed E-state index contributed by atoms with van der Waals surface area (Å²) < 4.78 is 5.30. The second-order valence-electron chi connectivity index (χ2n) is 3.79. The van der Waals surface area contributed by atoms with Gasteiger partial charge in [0.15, 0.2) is 0 Å². The first-order chi connectivity index (χ1) is 8.79. The van der Waals surface area contributed by atoms with Crippen LogP contribution in [0.1, 0.15) is 15.9 Å². The Kier molecular flexibility index (Phi) is 4.57. The summed E-state index contributed by atoms with van der Waals surface area (Å²) in [6, 6.07) is 17.4. The van der Waals surface area contributed by atoms with Crippen LogP contribution < -0.4 is 4.74 Å². The first-order valence-corrected chi connectivity index (χ1v) is 7.71. The minimum atomic E-state index is -0.0457. The van der Waals surface area contributed by atoms with Crippen LogP contribution >= 0.6 is 0 Å². The van der Waals surface area contributed by atoms with Crippen LogP contribution in [0.4, 0.5) is 0 Å². The van der Waals surface area contributed by atoms with E-state index in [1.807, 2.05) is 42.5 Å². The molecule has 0 aliphatic rings. The van der Waals surface area contributed by atoms with Gasteiger partial charge in [0.25, 0.3) is 0 Å². The molecule has 2 nitrogen and oxygen atoms in total. The van der Waals surface area contributed by atoms with E-state index >= 15 is 0 Å². The predicted octanol–water partition coefficient (Wildman–Crippen LogP) is 2.74. The number of rotatable bonds is 5. The molecule has 18 heavy (non-hydrogen) atoms. The third-order valence-corrected chi connectivity index (χ3v) is 4.59. The average molecular weight is 305 g/mol. The fourth-order valence-corrected chi connectivity index (χ4v) is 3.20. The molecule has 2 aromatic carbocycles. The summed E-state index contributed by atoms with van der Waals surface area (Å²) in [7, 11) is 1.62. The second-order valence-corrected chi connectivity index (χ2v) is 5.78. The maximum atomic E-state index is 12.0. The van der Waals surface area contributed by atoms with Gasteiger partial charge in [0.2, 0.25) is 0 Å². The van der Waals surface area contributed by atoms with Gasteiger partial charge < -0.3 is 0 Å². The van der Waals surface area contributed by atoms with Crippen LogP contribution in [0.5, 0.6) is 5.75 Å². The zero-order chi connectivity index (χ0) is 12.8. The zero-order valence-corrected chi connectivity index (χ0v) is 11.8. The molecule has 0 aromatic heterocycles. The summed E-state index contributed by atoms with van der Waals surface area (Å²) in [5, 5.41) is 0.846. The number of carbonyl (C=O) groups is 1. The number of hydrogen-bond donors (Lipinski definition) is 0. The first kappa shape index (κ1) is 12.9. The molecular weight excluding hydrogens is 291 g/mol. The Hall–Kier alpha value is -1.57. The molecule has 2 aromatic rings. The molecule has 0 saturated heterocycles. The van der Waals surface area contributed by atoms with Gasteiger partial charge in [-0.15, -0.1) is 0 Å². The first-order valence-electron chi connectivity index (χ1n) is 5.64. The van der Waals surface area contributed by atoms with E-state index in [4.69, 9.17) is 4.74 Å². The Morgan fingerprint density at radius 2 is 1.72 bits per heavy atom. The SMILES string of the molecule is COc1ccc(C(=O)[Se]Cc2ccccc2)cc1. The van der Waals surface area contributed by atoms with Crippen LogP contribution in [0, 0.1) is 0 Å². The van der Waals surface area contributed by atoms with E-state index in [9.17, 15) is 4.79 Å². The molecule has 0 atom stereocenters. The van der Waals surface area contributed by atoms with Gasteiger partial charge >= 0.3 is 113 Å². The van der Waals surface area contributed by atoms with E-state index in [1.165, 1.54) is 5.56 Å². The van der Waals surface area contributed by atoms with Crippen LogP contribution in [-0.2, 0) is 5.32 Å². The van der Waals surface area contributed by atoms with E-state index in [-0.39, 0.29) is 19.6 Å². The molecule has 0 fully saturated rings.